The van der Waals surface area contributed by atoms with Gasteiger partial charge in [0, 0.05) is 0 Å². The third kappa shape index (κ3) is 5.79. The SMILES string of the molecule is CCOC(=O)CSC(C)C(F)(F)F. The van der Waals surface area contributed by atoms with Gasteiger partial charge in [-0.3, -0.25) is 4.79 Å². The molecule has 0 saturated carbocycles. The number of hydrogen-bond acceptors (Lipinski definition) is 3. The molecule has 0 rings (SSSR count). The predicted octanol–water partition coefficient (Wildman–Crippen LogP) is 2.23. The zero-order valence-corrected chi connectivity index (χ0v) is 8.17. The maximum Gasteiger partial charge on any atom is 0.400 e. The van der Waals surface area contributed by atoms with Crippen molar-refractivity contribution in [3.63, 3.8) is 0 Å². The highest BCUT2D eigenvalue weighted by Gasteiger charge is 2.36. The van der Waals surface area contributed by atoms with E-state index in [1.54, 1.807) is 6.92 Å². The van der Waals surface area contributed by atoms with E-state index in [4.69, 9.17) is 0 Å². The van der Waals surface area contributed by atoms with Gasteiger partial charge in [-0.05, 0) is 13.8 Å². The van der Waals surface area contributed by atoms with Crippen LogP contribution >= 0.6 is 11.8 Å². The van der Waals surface area contributed by atoms with Gasteiger partial charge in [0.1, 0.15) is 0 Å². The fraction of sp³-hybridized carbons (Fsp3) is 0.857. The Labute approximate surface area is 78.8 Å². The summed E-state index contributed by atoms with van der Waals surface area (Å²) in [6, 6.07) is 0. The van der Waals surface area contributed by atoms with E-state index in [0.29, 0.717) is 11.8 Å². The highest BCUT2D eigenvalue weighted by molar-refractivity contribution is 8.00. The molecule has 0 bridgehead atoms. The van der Waals surface area contributed by atoms with Gasteiger partial charge < -0.3 is 4.74 Å². The maximum atomic E-state index is 11.9. The largest absolute Gasteiger partial charge is 0.465 e. The average molecular weight is 216 g/mol. The second kappa shape index (κ2) is 5.36. The van der Waals surface area contributed by atoms with Crippen molar-refractivity contribution in [2.45, 2.75) is 25.3 Å². The van der Waals surface area contributed by atoms with E-state index in [9.17, 15) is 18.0 Å². The molecule has 0 spiro atoms. The Morgan fingerprint density at radius 2 is 2.08 bits per heavy atom. The quantitative estimate of drug-likeness (QED) is 0.674. The third-order valence-corrected chi connectivity index (χ3v) is 2.39. The smallest absolute Gasteiger partial charge is 0.400 e. The van der Waals surface area contributed by atoms with Crippen molar-refractivity contribution in [3.05, 3.63) is 0 Å². The monoisotopic (exact) mass is 216 g/mol. The lowest BCUT2D eigenvalue weighted by Crippen LogP contribution is -2.24. The molecule has 6 heteroatoms. The molecule has 13 heavy (non-hydrogen) atoms. The first-order valence-corrected chi connectivity index (χ1v) is 4.76. The molecule has 0 fully saturated rings. The number of carbonyl (C=O) groups excluding carboxylic acids is 1. The van der Waals surface area contributed by atoms with Gasteiger partial charge in [-0.25, -0.2) is 0 Å². The molecule has 1 unspecified atom stereocenters. The minimum atomic E-state index is -4.25. The van der Waals surface area contributed by atoms with E-state index in [2.05, 4.69) is 4.74 Å². The highest BCUT2D eigenvalue weighted by atomic mass is 32.2. The molecule has 0 N–H and O–H groups in total. The second-order valence-corrected chi connectivity index (χ2v) is 3.63. The van der Waals surface area contributed by atoms with Crippen LogP contribution in [0, 0.1) is 0 Å². The van der Waals surface area contributed by atoms with Crippen LogP contribution in [0.25, 0.3) is 0 Å². The Bertz CT molecular complexity index is 170. The van der Waals surface area contributed by atoms with Crippen molar-refractivity contribution >= 4 is 17.7 Å². The zero-order chi connectivity index (χ0) is 10.5. The molecule has 0 aromatic rings. The summed E-state index contributed by atoms with van der Waals surface area (Å²) in [4.78, 5) is 10.7. The lowest BCUT2D eigenvalue weighted by molar-refractivity contribution is -0.139. The topological polar surface area (TPSA) is 26.3 Å². The first-order chi connectivity index (χ1) is 5.88. The van der Waals surface area contributed by atoms with Crippen LogP contribution in [0.4, 0.5) is 13.2 Å². The van der Waals surface area contributed by atoms with E-state index in [-0.39, 0.29) is 12.4 Å². The van der Waals surface area contributed by atoms with Crippen molar-refractivity contribution in [1.82, 2.24) is 0 Å². The average Bonchev–Trinajstić information content (AvgIpc) is 1.99. The summed E-state index contributed by atoms with van der Waals surface area (Å²) in [5.74, 6) is -0.863. The molecular weight excluding hydrogens is 205 g/mol. The molecule has 78 valence electrons. The molecule has 0 aromatic heterocycles. The van der Waals surface area contributed by atoms with E-state index in [0.717, 1.165) is 6.92 Å². The fourth-order valence-corrected chi connectivity index (χ4v) is 1.15. The van der Waals surface area contributed by atoms with Crippen LogP contribution in [0.15, 0.2) is 0 Å². The number of halogens is 3. The minimum absolute atomic E-state index is 0.194. The van der Waals surface area contributed by atoms with Gasteiger partial charge in [0.15, 0.2) is 0 Å². The molecule has 0 radical (unpaired) electrons. The summed E-state index contributed by atoms with van der Waals surface area (Å²) in [7, 11) is 0. The van der Waals surface area contributed by atoms with E-state index < -0.39 is 17.4 Å². The summed E-state index contributed by atoms with van der Waals surface area (Å²) in [5.41, 5.74) is 0. The Morgan fingerprint density at radius 3 is 2.46 bits per heavy atom. The summed E-state index contributed by atoms with van der Waals surface area (Å²) in [5, 5.41) is -1.53. The van der Waals surface area contributed by atoms with Gasteiger partial charge in [0.25, 0.3) is 0 Å². The normalized spacial score (nSPS) is 13.9. The summed E-state index contributed by atoms with van der Waals surface area (Å²) in [6.07, 6.45) is -4.25. The highest BCUT2D eigenvalue weighted by Crippen LogP contribution is 2.29. The number of hydrogen-bond donors (Lipinski definition) is 0. The number of ether oxygens (including phenoxy) is 1. The molecule has 0 aliphatic heterocycles. The maximum absolute atomic E-state index is 11.9. The van der Waals surface area contributed by atoms with Gasteiger partial charge in [-0.15, -0.1) is 11.8 Å². The molecule has 0 heterocycles. The third-order valence-electron chi connectivity index (χ3n) is 1.22. The molecule has 0 aromatic carbocycles. The van der Waals surface area contributed by atoms with Crippen molar-refractivity contribution in [1.29, 1.82) is 0 Å². The van der Waals surface area contributed by atoms with E-state index in [1.807, 2.05) is 0 Å². The molecule has 2 nitrogen and oxygen atoms in total. The standard InChI is InChI=1S/C7H11F3O2S/c1-3-12-6(11)4-13-5(2)7(8,9)10/h5H,3-4H2,1-2H3. The number of rotatable bonds is 4. The van der Waals surface area contributed by atoms with Crippen LogP contribution in [-0.4, -0.2) is 29.8 Å². The first-order valence-electron chi connectivity index (χ1n) is 3.71. The van der Waals surface area contributed by atoms with Crippen LogP contribution in [0.1, 0.15) is 13.8 Å². The second-order valence-electron chi connectivity index (χ2n) is 2.30. The van der Waals surface area contributed by atoms with Crippen LogP contribution in [0.2, 0.25) is 0 Å². The van der Waals surface area contributed by atoms with Gasteiger partial charge in [-0.2, -0.15) is 13.2 Å². The number of carbonyl (C=O) groups is 1. The van der Waals surface area contributed by atoms with E-state index >= 15 is 0 Å². The molecule has 1 atom stereocenters. The van der Waals surface area contributed by atoms with Crippen molar-refractivity contribution in [2.75, 3.05) is 12.4 Å². The van der Waals surface area contributed by atoms with Gasteiger partial charge in [0.05, 0.1) is 17.6 Å². The Kier molecular flexibility index (Phi) is 5.20. The summed E-state index contributed by atoms with van der Waals surface area (Å²) >= 11 is 0.532. The van der Waals surface area contributed by atoms with Gasteiger partial charge in [-0.1, -0.05) is 0 Å². The predicted molar refractivity (Wildman–Crippen MR) is 44.6 cm³/mol. The molecule has 0 aliphatic rings. The Hall–Kier alpha value is -0.390. The zero-order valence-electron chi connectivity index (χ0n) is 7.35. The lowest BCUT2D eigenvalue weighted by Gasteiger charge is -2.13. The number of thioether (sulfide) groups is 1. The van der Waals surface area contributed by atoms with Crippen molar-refractivity contribution < 1.29 is 22.7 Å². The molecular formula is C7H11F3O2S. The van der Waals surface area contributed by atoms with Gasteiger partial charge >= 0.3 is 12.1 Å². The molecule has 0 amide bonds. The van der Waals surface area contributed by atoms with Crippen LogP contribution < -0.4 is 0 Å². The van der Waals surface area contributed by atoms with Crippen LogP contribution in [0.5, 0.6) is 0 Å². The fourth-order valence-electron chi connectivity index (χ4n) is 0.490. The lowest BCUT2D eigenvalue weighted by atomic mass is 10.5. The number of esters is 1. The van der Waals surface area contributed by atoms with Gasteiger partial charge in [0.2, 0.25) is 0 Å². The summed E-state index contributed by atoms with van der Waals surface area (Å²) in [6.45, 7) is 2.82. The number of alkyl halides is 3. The Morgan fingerprint density at radius 1 is 1.54 bits per heavy atom. The first kappa shape index (κ1) is 12.6. The van der Waals surface area contributed by atoms with Crippen molar-refractivity contribution in [2.24, 2.45) is 0 Å². The summed E-state index contributed by atoms with van der Waals surface area (Å²) < 4.78 is 40.2. The Balaban J connectivity index is 3.70. The van der Waals surface area contributed by atoms with E-state index in [1.165, 1.54) is 0 Å². The van der Waals surface area contributed by atoms with Crippen LogP contribution in [-0.2, 0) is 9.53 Å². The molecule has 0 saturated heterocycles. The molecule has 0 aliphatic carbocycles. The van der Waals surface area contributed by atoms with Crippen LogP contribution in [0.3, 0.4) is 0 Å². The minimum Gasteiger partial charge on any atom is -0.465 e. The van der Waals surface area contributed by atoms with Crippen molar-refractivity contribution in [3.8, 4) is 0 Å².